The number of hydrogen-bond acceptors (Lipinski definition) is 4. The summed E-state index contributed by atoms with van der Waals surface area (Å²) in [6.45, 7) is 8.93. The molecular formula is C28H41N3O4S. The van der Waals surface area contributed by atoms with Crippen molar-refractivity contribution < 1.29 is 18.0 Å². The zero-order valence-corrected chi connectivity index (χ0v) is 23.1. The monoisotopic (exact) mass is 515 g/mol. The van der Waals surface area contributed by atoms with Crippen LogP contribution in [-0.2, 0) is 26.2 Å². The van der Waals surface area contributed by atoms with Crippen LogP contribution in [0.3, 0.4) is 0 Å². The van der Waals surface area contributed by atoms with Gasteiger partial charge in [-0.3, -0.25) is 13.9 Å². The van der Waals surface area contributed by atoms with Gasteiger partial charge in [-0.1, -0.05) is 62.7 Å². The summed E-state index contributed by atoms with van der Waals surface area (Å²) in [6, 6.07) is 14.6. The number of anilines is 1. The van der Waals surface area contributed by atoms with Crippen molar-refractivity contribution in [2.75, 3.05) is 23.7 Å². The Morgan fingerprint density at radius 3 is 2.17 bits per heavy atom. The van der Waals surface area contributed by atoms with Crippen LogP contribution in [0.2, 0.25) is 0 Å². The molecule has 0 heterocycles. The first-order valence-corrected chi connectivity index (χ1v) is 14.6. The standard InChI is InChI=1S/C28H41N3O4S/c1-6-8-19-29-28(33)25(7-2)30(21-24-16-11-9-14-22(24)3)27(32)18-13-20-31(36(5,34)35)26-17-12-10-15-23(26)4/h9-12,14-17,25H,6-8,13,18-21H2,1-5H3,(H,29,33). The molecular weight excluding hydrogens is 474 g/mol. The lowest BCUT2D eigenvalue weighted by atomic mass is 10.0. The van der Waals surface area contributed by atoms with Gasteiger partial charge in [-0.05, 0) is 55.9 Å². The van der Waals surface area contributed by atoms with Gasteiger partial charge in [0.05, 0.1) is 11.9 Å². The van der Waals surface area contributed by atoms with E-state index in [-0.39, 0.29) is 24.8 Å². The molecule has 0 aromatic heterocycles. The molecule has 1 N–H and O–H groups in total. The number of hydrogen-bond donors (Lipinski definition) is 1. The predicted molar refractivity (Wildman–Crippen MR) is 146 cm³/mol. The lowest BCUT2D eigenvalue weighted by Crippen LogP contribution is -2.49. The Hall–Kier alpha value is -2.87. The van der Waals surface area contributed by atoms with Crippen LogP contribution < -0.4 is 9.62 Å². The van der Waals surface area contributed by atoms with Crippen molar-refractivity contribution in [2.24, 2.45) is 0 Å². The highest BCUT2D eigenvalue weighted by atomic mass is 32.2. The first-order valence-electron chi connectivity index (χ1n) is 12.7. The molecule has 0 spiro atoms. The Morgan fingerprint density at radius 2 is 1.58 bits per heavy atom. The normalized spacial score (nSPS) is 12.1. The minimum Gasteiger partial charge on any atom is -0.354 e. The van der Waals surface area contributed by atoms with Gasteiger partial charge in [0.15, 0.2) is 0 Å². The van der Waals surface area contributed by atoms with Gasteiger partial charge in [0.25, 0.3) is 0 Å². The van der Waals surface area contributed by atoms with Gasteiger partial charge in [-0.15, -0.1) is 0 Å². The molecule has 2 rings (SSSR count). The van der Waals surface area contributed by atoms with Crippen molar-refractivity contribution in [3.63, 3.8) is 0 Å². The molecule has 1 unspecified atom stereocenters. The molecule has 0 aliphatic rings. The second-order valence-corrected chi connectivity index (χ2v) is 11.1. The summed E-state index contributed by atoms with van der Waals surface area (Å²) in [5.74, 6) is -0.306. The molecule has 2 aromatic carbocycles. The molecule has 36 heavy (non-hydrogen) atoms. The van der Waals surface area contributed by atoms with E-state index in [4.69, 9.17) is 0 Å². The van der Waals surface area contributed by atoms with Crippen molar-refractivity contribution in [3.05, 3.63) is 65.2 Å². The highest BCUT2D eigenvalue weighted by Crippen LogP contribution is 2.23. The van der Waals surface area contributed by atoms with E-state index in [1.807, 2.05) is 57.2 Å². The quantitative estimate of drug-likeness (QED) is 0.373. The van der Waals surface area contributed by atoms with Crippen molar-refractivity contribution >= 4 is 27.5 Å². The summed E-state index contributed by atoms with van der Waals surface area (Å²) in [5, 5.41) is 2.97. The van der Waals surface area contributed by atoms with E-state index < -0.39 is 16.1 Å². The van der Waals surface area contributed by atoms with E-state index in [2.05, 4.69) is 12.2 Å². The number of unbranched alkanes of at least 4 members (excludes halogenated alkanes) is 1. The van der Waals surface area contributed by atoms with Crippen molar-refractivity contribution in [3.8, 4) is 0 Å². The Morgan fingerprint density at radius 1 is 0.944 bits per heavy atom. The van der Waals surface area contributed by atoms with Crippen LogP contribution in [0, 0.1) is 13.8 Å². The summed E-state index contributed by atoms with van der Waals surface area (Å²) in [6.07, 6.45) is 4.02. The molecule has 0 radical (unpaired) electrons. The average Bonchev–Trinajstić information content (AvgIpc) is 2.83. The molecule has 0 bridgehead atoms. The summed E-state index contributed by atoms with van der Waals surface area (Å²) in [7, 11) is -3.52. The molecule has 8 heteroatoms. The van der Waals surface area contributed by atoms with Crippen LogP contribution in [0.25, 0.3) is 0 Å². The maximum atomic E-state index is 13.5. The van der Waals surface area contributed by atoms with E-state index >= 15 is 0 Å². The molecule has 0 aliphatic carbocycles. The lowest BCUT2D eigenvalue weighted by Gasteiger charge is -2.31. The van der Waals surface area contributed by atoms with Gasteiger partial charge in [0, 0.05) is 26.1 Å². The minimum atomic E-state index is -3.52. The van der Waals surface area contributed by atoms with Crippen molar-refractivity contribution in [2.45, 2.75) is 72.4 Å². The van der Waals surface area contributed by atoms with E-state index in [1.54, 1.807) is 17.0 Å². The molecule has 0 aliphatic heterocycles. The highest BCUT2D eigenvalue weighted by molar-refractivity contribution is 7.92. The Kier molecular flexibility index (Phi) is 11.4. The summed E-state index contributed by atoms with van der Waals surface area (Å²) in [4.78, 5) is 28.2. The number of carbonyl (C=O) groups excluding carboxylic acids is 2. The van der Waals surface area contributed by atoms with Crippen LogP contribution in [0.15, 0.2) is 48.5 Å². The molecule has 7 nitrogen and oxygen atoms in total. The number of benzene rings is 2. The Bertz CT molecular complexity index is 1120. The molecule has 2 aromatic rings. The van der Waals surface area contributed by atoms with Crippen LogP contribution in [0.1, 0.15) is 62.6 Å². The zero-order valence-electron chi connectivity index (χ0n) is 22.3. The van der Waals surface area contributed by atoms with Gasteiger partial charge >= 0.3 is 0 Å². The first kappa shape index (κ1) is 29.4. The number of para-hydroxylation sites is 1. The summed E-state index contributed by atoms with van der Waals surface area (Å²) < 4.78 is 26.4. The van der Waals surface area contributed by atoms with Gasteiger partial charge < -0.3 is 10.2 Å². The van der Waals surface area contributed by atoms with Crippen LogP contribution in [0.5, 0.6) is 0 Å². The second-order valence-electron chi connectivity index (χ2n) is 9.24. The van der Waals surface area contributed by atoms with Crippen LogP contribution in [-0.4, -0.2) is 50.5 Å². The highest BCUT2D eigenvalue weighted by Gasteiger charge is 2.29. The summed E-state index contributed by atoms with van der Waals surface area (Å²) >= 11 is 0. The second kappa shape index (κ2) is 14.0. The van der Waals surface area contributed by atoms with E-state index in [0.29, 0.717) is 31.6 Å². The number of sulfonamides is 1. The van der Waals surface area contributed by atoms with Gasteiger partial charge in [-0.25, -0.2) is 8.42 Å². The topological polar surface area (TPSA) is 86.8 Å². The Balaban J connectivity index is 2.22. The van der Waals surface area contributed by atoms with E-state index in [0.717, 1.165) is 29.5 Å². The fourth-order valence-corrected chi connectivity index (χ4v) is 5.25. The predicted octanol–water partition coefficient (Wildman–Crippen LogP) is 4.57. The largest absolute Gasteiger partial charge is 0.354 e. The minimum absolute atomic E-state index is 0.141. The van der Waals surface area contributed by atoms with Crippen LogP contribution >= 0.6 is 0 Å². The number of nitrogens with zero attached hydrogens (tertiary/aromatic N) is 2. The first-order chi connectivity index (χ1) is 17.1. The third kappa shape index (κ3) is 8.36. The molecule has 0 saturated heterocycles. The Labute approximate surface area is 216 Å². The molecule has 0 saturated carbocycles. The van der Waals surface area contributed by atoms with Gasteiger partial charge in [-0.2, -0.15) is 0 Å². The third-order valence-electron chi connectivity index (χ3n) is 6.35. The lowest BCUT2D eigenvalue weighted by molar-refractivity contribution is -0.141. The van der Waals surface area contributed by atoms with Gasteiger partial charge in [0.1, 0.15) is 6.04 Å². The fraction of sp³-hybridized carbons (Fsp3) is 0.500. The fourth-order valence-electron chi connectivity index (χ4n) is 4.22. The SMILES string of the molecule is CCCCNC(=O)C(CC)N(Cc1ccccc1C)C(=O)CCCN(c1ccccc1C)S(C)(=O)=O. The number of nitrogens with one attached hydrogen (secondary N) is 1. The molecule has 1 atom stereocenters. The number of rotatable bonds is 14. The average molecular weight is 516 g/mol. The van der Waals surface area contributed by atoms with Crippen molar-refractivity contribution in [1.29, 1.82) is 0 Å². The smallest absolute Gasteiger partial charge is 0.242 e. The van der Waals surface area contributed by atoms with Crippen LogP contribution in [0.4, 0.5) is 5.69 Å². The number of aryl methyl sites for hydroxylation is 2. The zero-order chi connectivity index (χ0) is 26.7. The summed E-state index contributed by atoms with van der Waals surface area (Å²) in [5.41, 5.74) is 3.51. The number of carbonyl (C=O) groups is 2. The third-order valence-corrected chi connectivity index (χ3v) is 7.53. The van der Waals surface area contributed by atoms with E-state index in [1.165, 1.54) is 10.6 Å². The molecule has 0 fully saturated rings. The molecule has 198 valence electrons. The number of amides is 2. The maximum Gasteiger partial charge on any atom is 0.242 e. The van der Waals surface area contributed by atoms with Gasteiger partial charge in [0.2, 0.25) is 21.8 Å². The molecule has 2 amide bonds. The maximum absolute atomic E-state index is 13.5. The van der Waals surface area contributed by atoms with Crippen molar-refractivity contribution in [1.82, 2.24) is 10.2 Å². The van der Waals surface area contributed by atoms with E-state index in [9.17, 15) is 18.0 Å².